The van der Waals surface area contributed by atoms with Crippen LogP contribution in [0, 0.1) is 0 Å². The van der Waals surface area contributed by atoms with Gasteiger partial charge in [-0.05, 0) is 65.8 Å². The van der Waals surface area contributed by atoms with Crippen LogP contribution < -0.4 is 10.6 Å². The highest BCUT2D eigenvalue weighted by Crippen LogP contribution is 2.12. The third-order valence-corrected chi connectivity index (χ3v) is 4.33. The Hall–Kier alpha value is -1.90. The predicted molar refractivity (Wildman–Crippen MR) is 135 cm³/mol. The van der Waals surface area contributed by atoms with Gasteiger partial charge >= 0.3 is 20.8 Å². The van der Waals surface area contributed by atoms with Gasteiger partial charge in [-0.3, -0.25) is 18.2 Å². The molecule has 0 aromatic heterocycles. The fraction of sp³-hybridized carbons (Fsp3) is 0.455. The van der Waals surface area contributed by atoms with Crippen molar-refractivity contribution in [3.63, 3.8) is 0 Å². The maximum absolute atomic E-state index is 8.74. The first-order valence-corrected chi connectivity index (χ1v) is 12.9. The highest BCUT2D eigenvalue weighted by molar-refractivity contribution is 7.80. The molecule has 0 atom stereocenters. The summed E-state index contributed by atoms with van der Waals surface area (Å²) in [7, 11) is -5.33. The van der Waals surface area contributed by atoms with Gasteiger partial charge in [-0.2, -0.15) is 16.8 Å². The highest BCUT2D eigenvalue weighted by atomic mass is 32.3. The molecule has 0 fully saturated rings. The Kier molecular flexibility index (Phi) is 16.0. The number of hydrogen-bond donors (Lipinski definition) is 6. The average molecular weight is 523 g/mol. The van der Waals surface area contributed by atoms with E-state index in [4.69, 9.17) is 35.0 Å². The summed E-state index contributed by atoms with van der Waals surface area (Å²) in [6.07, 6.45) is 2.15. The van der Waals surface area contributed by atoms with E-state index < -0.39 is 20.8 Å². The van der Waals surface area contributed by atoms with Crippen LogP contribution in [0.4, 0.5) is 0 Å². The zero-order valence-corrected chi connectivity index (χ0v) is 22.1. The number of benzene rings is 2. The Morgan fingerprint density at radius 2 is 0.794 bits per heavy atom. The van der Waals surface area contributed by atoms with Crippen LogP contribution in [0.2, 0.25) is 0 Å². The summed E-state index contributed by atoms with van der Waals surface area (Å²) in [6, 6.07) is 21.1. The summed E-state index contributed by atoms with van der Waals surface area (Å²) in [4.78, 5) is 0. The van der Waals surface area contributed by atoms with Gasteiger partial charge in [-0.15, -0.1) is 0 Å². The molecular formula is C22H38N2O8S2. The highest BCUT2D eigenvalue weighted by Gasteiger charge is 2.15. The quantitative estimate of drug-likeness (QED) is 0.309. The van der Waals surface area contributed by atoms with Crippen molar-refractivity contribution in [2.45, 2.75) is 51.6 Å². The summed E-state index contributed by atoms with van der Waals surface area (Å²) >= 11 is 0. The number of nitrogens with one attached hydrogen (secondary N) is 2. The van der Waals surface area contributed by atoms with Crippen molar-refractivity contribution in [1.29, 1.82) is 0 Å². The maximum Gasteiger partial charge on any atom is 0.394 e. The summed E-state index contributed by atoms with van der Waals surface area (Å²) in [5.74, 6) is 0. The lowest BCUT2D eigenvalue weighted by Gasteiger charge is -2.23. The van der Waals surface area contributed by atoms with E-state index in [0.717, 1.165) is 12.8 Å². The normalized spacial score (nSPS) is 11.6. The fourth-order valence-electron chi connectivity index (χ4n) is 2.39. The SMILES string of the molecule is CNC(C)(C)Cc1ccccc1.CNC(C)(C)Cc1ccccc1.O=S(=O)(O)O.O=S(=O)(O)O. The van der Waals surface area contributed by atoms with E-state index in [2.05, 4.69) is 99.0 Å². The molecule has 0 bridgehead atoms. The van der Waals surface area contributed by atoms with Crippen molar-refractivity contribution in [3.05, 3.63) is 71.8 Å². The van der Waals surface area contributed by atoms with E-state index in [-0.39, 0.29) is 11.1 Å². The molecule has 6 N–H and O–H groups in total. The molecule has 0 amide bonds. The average Bonchev–Trinajstić information content (AvgIpc) is 2.67. The number of hydrogen-bond acceptors (Lipinski definition) is 6. The Bertz CT molecular complexity index is 896. The lowest BCUT2D eigenvalue weighted by molar-refractivity contribution is 0.378. The maximum atomic E-state index is 8.74. The minimum atomic E-state index is -4.67. The van der Waals surface area contributed by atoms with E-state index in [1.165, 1.54) is 11.1 Å². The van der Waals surface area contributed by atoms with E-state index in [1.54, 1.807) is 0 Å². The molecule has 0 aliphatic heterocycles. The van der Waals surface area contributed by atoms with Crippen LogP contribution in [0.25, 0.3) is 0 Å². The lowest BCUT2D eigenvalue weighted by atomic mass is 9.95. The molecule has 12 heteroatoms. The second-order valence-corrected chi connectivity index (χ2v) is 10.3. The van der Waals surface area contributed by atoms with Crippen molar-refractivity contribution >= 4 is 20.8 Å². The first-order valence-electron chi connectivity index (χ1n) is 10.1. The van der Waals surface area contributed by atoms with Crippen LogP contribution in [-0.4, -0.2) is 60.2 Å². The largest absolute Gasteiger partial charge is 0.394 e. The minimum absolute atomic E-state index is 0.196. The third kappa shape index (κ3) is 28.1. The zero-order valence-electron chi connectivity index (χ0n) is 20.4. The van der Waals surface area contributed by atoms with Crippen LogP contribution in [0.15, 0.2) is 60.7 Å². The molecule has 0 saturated heterocycles. The summed E-state index contributed by atoms with van der Waals surface area (Å²) in [5, 5.41) is 6.58. The van der Waals surface area contributed by atoms with Gasteiger partial charge in [-0.25, -0.2) is 0 Å². The van der Waals surface area contributed by atoms with E-state index in [9.17, 15) is 0 Å². The Morgan fingerprint density at radius 3 is 0.971 bits per heavy atom. The summed E-state index contributed by atoms with van der Waals surface area (Å²) in [5.41, 5.74) is 3.16. The van der Waals surface area contributed by atoms with Gasteiger partial charge in [0.15, 0.2) is 0 Å². The lowest BCUT2D eigenvalue weighted by Crippen LogP contribution is -2.38. The standard InChI is InChI=1S/2C11H17N.2H2O4S/c2*1-11(2,12-3)9-10-7-5-4-6-8-10;2*1-5(2,3)4/h2*4-8,12H,9H2,1-3H3;2*(H2,1,2,3,4). The molecule has 0 spiro atoms. The number of likely N-dealkylation sites (N-methyl/N-ethyl adjacent to an activating group) is 2. The molecule has 0 saturated carbocycles. The minimum Gasteiger partial charge on any atom is -0.314 e. The summed E-state index contributed by atoms with van der Waals surface area (Å²) < 4.78 is 63.2. The van der Waals surface area contributed by atoms with E-state index >= 15 is 0 Å². The third-order valence-electron chi connectivity index (χ3n) is 4.33. The van der Waals surface area contributed by atoms with Crippen LogP contribution in [-0.2, 0) is 33.6 Å². The van der Waals surface area contributed by atoms with Gasteiger partial charge in [0.25, 0.3) is 0 Å². The molecule has 0 aliphatic carbocycles. The smallest absolute Gasteiger partial charge is 0.314 e. The van der Waals surface area contributed by atoms with Gasteiger partial charge in [-0.1, -0.05) is 60.7 Å². The molecule has 2 aromatic rings. The molecule has 2 rings (SSSR count). The second-order valence-electron chi connectivity index (χ2n) is 8.49. The molecule has 2 aromatic carbocycles. The van der Waals surface area contributed by atoms with Gasteiger partial charge in [0.05, 0.1) is 0 Å². The van der Waals surface area contributed by atoms with Crippen LogP contribution in [0.3, 0.4) is 0 Å². The van der Waals surface area contributed by atoms with Crippen molar-refractivity contribution in [2.24, 2.45) is 0 Å². The second kappa shape index (κ2) is 15.9. The zero-order chi connectivity index (χ0) is 27.1. The Balaban J connectivity index is 0. The Morgan fingerprint density at radius 1 is 0.588 bits per heavy atom. The fourth-order valence-corrected chi connectivity index (χ4v) is 2.39. The molecule has 10 nitrogen and oxygen atoms in total. The molecule has 0 aliphatic rings. The Labute approximate surface area is 204 Å². The molecular weight excluding hydrogens is 484 g/mol. The van der Waals surface area contributed by atoms with Crippen molar-refractivity contribution in [2.75, 3.05) is 14.1 Å². The van der Waals surface area contributed by atoms with Crippen molar-refractivity contribution in [3.8, 4) is 0 Å². The summed E-state index contributed by atoms with van der Waals surface area (Å²) in [6.45, 7) is 8.83. The first kappa shape index (κ1) is 34.3. The van der Waals surface area contributed by atoms with Crippen LogP contribution >= 0.6 is 0 Å². The molecule has 0 heterocycles. The van der Waals surface area contributed by atoms with E-state index in [0.29, 0.717) is 0 Å². The monoisotopic (exact) mass is 522 g/mol. The first-order chi connectivity index (χ1) is 15.3. The van der Waals surface area contributed by atoms with Gasteiger partial charge in [0.2, 0.25) is 0 Å². The van der Waals surface area contributed by atoms with Gasteiger partial charge in [0.1, 0.15) is 0 Å². The van der Waals surface area contributed by atoms with Crippen molar-refractivity contribution < 1.29 is 35.0 Å². The molecule has 0 unspecified atom stereocenters. The topological polar surface area (TPSA) is 173 Å². The number of rotatable bonds is 6. The van der Waals surface area contributed by atoms with Gasteiger partial charge < -0.3 is 10.6 Å². The predicted octanol–water partition coefficient (Wildman–Crippen LogP) is 3.15. The molecule has 0 radical (unpaired) electrons. The molecule has 34 heavy (non-hydrogen) atoms. The van der Waals surface area contributed by atoms with E-state index in [1.807, 2.05) is 14.1 Å². The van der Waals surface area contributed by atoms with Crippen LogP contribution in [0.1, 0.15) is 38.8 Å². The molecule has 196 valence electrons. The van der Waals surface area contributed by atoms with Gasteiger partial charge in [0, 0.05) is 11.1 Å². The van der Waals surface area contributed by atoms with Crippen molar-refractivity contribution in [1.82, 2.24) is 10.6 Å². The van der Waals surface area contributed by atoms with Crippen LogP contribution in [0.5, 0.6) is 0 Å².